The quantitative estimate of drug-likeness (QED) is 0.620. The van der Waals surface area contributed by atoms with Gasteiger partial charge in [0.2, 0.25) is 0 Å². The van der Waals surface area contributed by atoms with Gasteiger partial charge in [0.15, 0.2) is 7.28 Å². The molecule has 0 aliphatic carbocycles. The van der Waals surface area contributed by atoms with Gasteiger partial charge in [-0.2, -0.15) is 0 Å². The van der Waals surface area contributed by atoms with Crippen LogP contribution in [0.5, 0.6) is 0 Å². The zero-order valence-corrected chi connectivity index (χ0v) is 16.4. The molecule has 3 heteroatoms. The Morgan fingerprint density at radius 2 is 1.73 bits per heavy atom. The van der Waals surface area contributed by atoms with Gasteiger partial charge < -0.3 is 4.98 Å². The van der Waals surface area contributed by atoms with Gasteiger partial charge in [0.1, 0.15) is 0 Å². The van der Waals surface area contributed by atoms with Gasteiger partial charge >= 0.3 is 0 Å². The van der Waals surface area contributed by atoms with E-state index in [1.165, 1.54) is 35.1 Å². The van der Waals surface area contributed by atoms with Crippen LogP contribution in [0.3, 0.4) is 0 Å². The van der Waals surface area contributed by atoms with Crippen LogP contribution in [0.4, 0.5) is 0 Å². The Bertz CT molecular complexity index is 704. The van der Waals surface area contributed by atoms with Crippen molar-refractivity contribution in [2.24, 2.45) is 5.92 Å². The molecule has 0 saturated heterocycles. The molecular formula is C23H31BN2. The highest BCUT2D eigenvalue weighted by atomic mass is 14.9. The van der Waals surface area contributed by atoms with Crippen molar-refractivity contribution in [2.45, 2.75) is 46.4 Å². The first-order chi connectivity index (χ1) is 12.6. The van der Waals surface area contributed by atoms with Gasteiger partial charge in [0.05, 0.1) is 6.33 Å². The molecule has 0 aliphatic rings. The SMILES string of the molecule is CC(C)CCCc1cnc[nH]1.Cc1ccc(CBc2ccccc2)cc1. The summed E-state index contributed by atoms with van der Waals surface area (Å²) < 4.78 is 0. The van der Waals surface area contributed by atoms with Crippen molar-refractivity contribution in [1.82, 2.24) is 9.97 Å². The highest BCUT2D eigenvalue weighted by Gasteiger charge is 1.97. The first-order valence-corrected chi connectivity index (χ1v) is 9.70. The summed E-state index contributed by atoms with van der Waals surface area (Å²) in [7, 11) is 1.13. The Kier molecular flexibility index (Phi) is 8.75. The van der Waals surface area contributed by atoms with Gasteiger partial charge in [-0.15, -0.1) is 0 Å². The summed E-state index contributed by atoms with van der Waals surface area (Å²) in [5.41, 5.74) is 5.42. The van der Waals surface area contributed by atoms with Gasteiger partial charge in [-0.05, 0) is 32.0 Å². The maximum absolute atomic E-state index is 3.96. The number of aromatic nitrogens is 2. The largest absolute Gasteiger partial charge is 0.348 e. The van der Waals surface area contributed by atoms with Gasteiger partial charge in [-0.25, -0.2) is 4.98 Å². The van der Waals surface area contributed by atoms with E-state index in [1.54, 1.807) is 6.33 Å². The Morgan fingerprint density at radius 3 is 2.35 bits per heavy atom. The molecule has 0 unspecified atom stereocenters. The molecule has 2 nitrogen and oxygen atoms in total. The molecule has 1 aromatic heterocycles. The summed E-state index contributed by atoms with van der Waals surface area (Å²) in [5, 5.41) is 0. The average molecular weight is 346 g/mol. The van der Waals surface area contributed by atoms with E-state index in [0.29, 0.717) is 0 Å². The minimum absolute atomic E-state index is 0.818. The standard InChI is InChI=1S/C14H15B.C9H16N2/c1-12-7-9-13(10-8-12)11-15-14-5-3-2-4-6-14;1-8(2)4-3-5-9-6-10-7-11-9/h2-10,15H,11H2,1H3;6-8H,3-5H2,1-2H3,(H,10,11). The van der Waals surface area contributed by atoms with E-state index in [9.17, 15) is 0 Å². The van der Waals surface area contributed by atoms with Crippen LogP contribution >= 0.6 is 0 Å². The summed E-state index contributed by atoms with van der Waals surface area (Å²) in [4.78, 5) is 7.06. The van der Waals surface area contributed by atoms with E-state index >= 15 is 0 Å². The third-order valence-corrected chi connectivity index (χ3v) is 4.45. The van der Waals surface area contributed by atoms with Gasteiger partial charge in [-0.3, -0.25) is 0 Å². The number of rotatable bonds is 7. The maximum atomic E-state index is 3.96. The molecule has 0 fully saturated rings. The van der Waals surface area contributed by atoms with Crippen LogP contribution in [0.25, 0.3) is 0 Å². The normalized spacial score (nSPS) is 10.3. The van der Waals surface area contributed by atoms with Crippen LogP contribution in [-0.2, 0) is 12.7 Å². The third kappa shape index (κ3) is 8.20. The van der Waals surface area contributed by atoms with Crippen LogP contribution in [-0.4, -0.2) is 17.2 Å². The van der Waals surface area contributed by atoms with Crippen molar-refractivity contribution >= 4 is 12.7 Å². The number of H-pyrrole nitrogens is 1. The molecule has 2 aromatic carbocycles. The lowest BCUT2D eigenvalue weighted by Crippen LogP contribution is -2.15. The highest BCUT2D eigenvalue weighted by Crippen LogP contribution is 2.07. The summed E-state index contributed by atoms with van der Waals surface area (Å²) in [5.74, 6) is 0.818. The Labute approximate surface area is 159 Å². The second kappa shape index (κ2) is 11.4. The number of hydrogen-bond donors (Lipinski definition) is 1. The van der Waals surface area contributed by atoms with Crippen molar-refractivity contribution in [3.8, 4) is 0 Å². The molecule has 0 atom stereocenters. The Morgan fingerprint density at radius 1 is 1.00 bits per heavy atom. The molecule has 0 radical (unpaired) electrons. The fraction of sp³-hybridized carbons (Fsp3) is 0.348. The second-order valence-electron chi connectivity index (χ2n) is 7.33. The minimum Gasteiger partial charge on any atom is -0.348 e. The summed E-state index contributed by atoms with van der Waals surface area (Å²) in [6, 6.07) is 19.4. The predicted octanol–water partition coefficient (Wildman–Crippen LogP) is 4.65. The fourth-order valence-corrected chi connectivity index (χ4v) is 2.81. The summed E-state index contributed by atoms with van der Waals surface area (Å²) >= 11 is 0. The maximum Gasteiger partial charge on any atom is 0.162 e. The monoisotopic (exact) mass is 346 g/mol. The zero-order valence-electron chi connectivity index (χ0n) is 16.4. The minimum atomic E-state index is 0.818. The van der Waals surface area contributed by atoms with E-state index in [2.05, 4.69) is 85.3 Å². The molecule has 0 spiro atoms. The predicted molar refractivity (Wildman–Crippen MR) is 114 cm³/mol. The van der Waals surface area contributed by atoms with Crippen LogP contribution in [0.2, 0.25) is 0 Å². The van der Waals surface area contributed by atoms with Gasteiger partial charge in [0, 0.05) is 11.9 Å². The van der Waals surface area contributed by atoms with Crippen molar-refractivity contribution in [3.63, 3.8) is 0 Å². The molecule has 26 heavy (non-hydrogen) atoms. The molecule has 1 heterocycles. The highest BCUT2D eigenvalue weighted by molar-refractivity contribution is 6.52. The zero-order chi connectivity index (χ0) is 18.6. The Hall–Kier alpha value is -2.29. The lowest BCUT2D eigenvalue weighted by atomic mass is 9.65. The van der Waals surface area contributed by atoms with Crippen LogP contribution < -0.4 is 5.46 Å². The van der Waals surface area contributed by atoms with E-state index in [4.69, 9.17) is 0 Å². The molecule has 0 aliphatic heterocycles. The van der Waals surface area contributed by atoms with Crippen LogP contribution in [0, 0.1) is 12.8 Å². The fourth-order valence-electron chi connectivity index (χ4n) is 2.81. The molecule has 1 N–H and O–H groups in total. The van der Waals surface area contributed by atoms with Crippen molar-refractivity contribution in [1.29, 1.82) is 0 Å². The molecule has 3 rings (SSSR count). The van der Waals surface area contributed by atoms with E-state index < -0.39 is 0 Å². The molecule has 0 saturated carbocycles. The molecule has 0 amide bonds. The van der Waals surface area contributed by atoms with Gasteiger partial charge in [0.25, 0.3) is 0 Å². The first kappa shape index (κ1) is 20.0. The van der Waals surface area contributed by atoms with Crippen LogP contribution in [0.1, 0.15) is 43.5 Å². The molecular weight excluding hydrogens is 315 g/mol. The van der Waals surface area contributed by atoms with E-state index in [0.717, 1.165) is 25.9 Å². The topological polar surface area (TPSA) is 28.7 Å². The number of nitrogens with zero attached hydrogens (tertiary/aromatic N) is 1. The van der Waals surface area contributed by atoms with Crippen molar-refractivity contribution in [3.05, 3.63) is 83.9 Å². The molecule has 136 valence electrons. The van der Waals surface area contributed by atoms with Crippen molar-refractivity contribution in [2.75, 3.05) is 0 Å². The lowest BCUT2D eigenvalue weighted by molar-refractivity contribution is 0.553. The second-order valence-corrected chi connectivity index (χ2v) is 7.33. The number of hydrogen-bond acceptors (Lipinski definition) is 1. The molecule has 3 aromatic rings. The summed E-state index contributed by atoms with van der Waals surface area (Å²) in [6.07, 6.45) is 8.48. The smallest absolute Gasteiger partial charge is 0.162 e. The number of nitrogens with one attached hydrogen (secondary N) is 1. The third-order valence-electron chi connectivity index (χ3n) is 4.45. The van der Waals surface area contributed by atoms with E-state index in [1.807, 2.05) is 6.20 Å². The number of aromatic amines is 1. The van der Waals surface area contributed by atoms with Gasteiger partial charge in [-0.1, -0.05) is 91.5 Å². The van der Waals surface area contributed by atoms with Crippen LogP contribution in [0.15, 0.2) is 67.1 Å². The average Bonchev–Trinajstić information content (AvgIpc) is 3.16. The number of benzene rings is 2. The molecule has 0 bridgehead atoms. The lowest BCUT2D eigenvalue weighted by Gasteiger charge is -2.01. The first-order valence-electron chi connectivity index (χ1n) is 9.70. The van der Waals surface area contributed by atoms with E-state index in [-0.39, 0.29) is 0 Å². The number of aryl methyl sites for hydroxylation is 2. The Balaban J connectivity index is 0.000000197. The van der Waals surface area contributed by atoms with Crippen molar-refractivity contribution < 1.29 is 0 Å². The number of imidazole rings is 1. The summed E-state index contributed by atoms with van der Waals surface area (Å²) in [6.45, 7) is 6.64.